The molecule has 0 N–H and O–H groups in total. The van der Waals surface area contributed by atoms with E-state index in [0.717, 1.165) is 104 Å². The van der Waals surface area contributed by atoms with Crippen molar-refractivity contribution in [3.05, 3.63) is 0 Å². The second kappa shape index (κ2) is 21.0. The third kappa shape index (κ3) is 16.1. The topological polar surface area (TPSA) is 0 Å². The van der Waals surface area contributed by atoms with Crippen molar-refractivity contribution in [2.45, 2.75) is 139 Å². The van der Waals surface area contributed by atoms with Crippen molar-refractivity contribution >= 4 is 56.2 Å². The Balaban J connectivity index is 0.000000227. The van der Waals surface area contributed by atoms with Crippen LogP contribution in [0.1, 0.15) is 107 Å². The molecule has 0 unspecified atom stereocenters. The maximum atomic E-state index is 2.37. The second-order valence-electron chi connectivity index (χ2n) is 12.3. The van der Waals surface area contributed by atoms with Crippen LogP contribution in [0.2, 0.25) is 31.9 Å². The van der Waals surface area contributed by atoms with Gasteiger partial charge in [-0.3, -0.25) is 0 Å². The summed E-state index contributed by atoms with van der Waals surface area (Å²) >= 11 is 4.18. The Morgan fingerprint density at radius 3 is 1.15 bits per heavy atom. The van der Waals surface area contributed by atoms with Crippen LogP contribution in [0.5, 0.6) is 0 Å². The summed E-state index contributed by atoms with van der Waals surface area (Å²) in [6.07, 6.45) is 12.1. The van der Waals surface area contributed by atoms with E-state index in [2.05, 4.69) is 55.4 Å². The summed E-state index contributed by atoms with van der Waals surface area (Å²) in [7, 11) is 0. The van der Waals surface area contributed by atoms with Crippen molar-refractivity contribution in [1.82, 2.24) is 0 Å². The Morgan fingerprint density at radius 2 is 0.853 bits per heavy atom. The van der Waals surface area contributed by atoms with Crippen molar-refractivity contribution in [2.24, 2.45) is 47.3 Å². The van der Waals surface area contributed by atoms with Crippen LogP contribution in [-0.4, -0.2) is 56.2 Å². The van der Waals surface area contributed by atoms with Crippen molar-refractivity contribution in [1.29, 1.82) is 0 Å². The van der Waals surface area contributed by atoms with E-state index in [4.69, 9.17) is 0 Å². The van der Waals surface area contributed by atoms with Crippen molar-refractivity contribution in [3.63, 3.8) is 0 Å². The third-order valence-electron chi connectivity index (χ3n) is 8.27. The molecule has 4 heteroatoms. The molecule has 0 spiro atoms. The third-order valence-corrected chi connectivity index (χ3v) is 20.9. The molecule has 4 fully saturated rings. The van der Waals surface area contributed by atoms with Crippen LogP contribution < -0.4 is 0 Å². The molecule has 0 aromatic carbocycles. The molecule has 0 aromatic rings. The van der Waals surface area contributed by atoms with Crippen LogP contribution in [0, 0.1) is 47.3 Å². The molecule has 0 amide bonds. The summed E-state index contributed by atoms with van der Waals surface area (Å²) in [5.74, 6) is 8.15. The number of hydrogen-bond donors (Lipinski definition) is 0. The van der Waals surface area contributed by atoms with Crippen LogP contribution in [0.4, 0.5) is 0 Å². The molecule has 0 radical (unpaired) electrons. The molecule has 1 saturated carbocycles. The molecule has 3 aliphatic heterocycles. The minimum atomic E-state index is 0.942. The Bertz CT molecular complexity index is 397. The van der Waals surface area contributed by atoms with Gasteiger partial charge < -0.3 is 0 Å². The zero-order chi connectivity index (χ0) is 25.3. The number of hydrogen-bond acceptors (Lipinski definition) is 0. The zero-order valence-corrected chi connectivity index (χ0v) is 31.0. The summed E-state index contributed by atoms with van der Waals surface area (Å²) < 4.78 is 0. The molecule has 204 valence electrons. The molecule has 4 aliphatic rings. The quantitative estimate of drug-likeness (QED) is 0.253. The van der Waals surface area contributed by atoms with E-state index in [0.29, 0.717) is 0 Å². The molecule has 3 heterocycles. The van der Waals surface area contributed by atoms with Gasteiger partial charge >= 0.3 is 191 Å². The minimum absolute atomic E-state index is 0.942. The first-order valence-corrected chi connectivity index (χ1v) is 26.2. The van der Waals surface area contributed by atoms with Gasteiger partial charge in [0.15, 0.2) is 0 Å². The first-order valence-electron chi connectivity index (χ1n) is 14.6. The maximum absolute atomic E-state index is 2.37. The molecule has 4 rings (SSSR count). The van der Waals surface area contributed by atoms with Gasteiger partial charge in [0.05, 0.1) is 0 Å². The molecule has 0 aromatic heterocycles. The van der Waals surface area contributed by atoms with Crippen molar-refractivity contribution in [3.8, 4) is 0 Å². The zero-order valence-electron chi connectivity index (χ0n) is 24.2. The average molecular weight is 737 g/mol. The first-order chi connectivity index (χ1) is 16.2. The van der Waals surface area contributed by atoms with Crippen molar-refractivity contribution in [2.75, 3.05) is 0 Å². The van der Waals surface area contributed by atoms with Gasteiger partial charge in [0, 0.05) is 0 Å². The summed E-state index contributed by atoms with van der Waals surface area (Å²) in [4.78, 5) is 0. The normalized spacial score (nSPS) is 27.7. The van der Waals surface area contributed by atoms with E-state index in [1.165, 1.54) is 44.9 Å². The van der Waals surface area contributed by atoms with E-state index in [1.807, 2.05) is 0 Å². The monoisotopic (exact) mass is 740 g/mol. The van der Waals surface area contributed by atoms with Crippen molar-refractivity contribution < 1.29 is 0 Å². The molecule has 1 aliphatic carbocycles. The van der Waals surface area contributed by atoms with Crippen LogP contribution in [0.3, 0.4) is 0 Å². The van der Waals surface area contributed by atoms with Gasteiger partial charge in [-0.05, 0) is 11.8 Å². The molecule has 3 atom stereocenters. The Labute approximate surface area is 240 Å². The van der Waals surface area contributed by atoms with Gasteiger partial charge in [0.1, 0.15) is 0 Å². The van der Waals surface area contributed by atoms with Gasteiger partial charge in [0.25, 0.3) is 0 Å². The van der Waals surface area contributed by atoms with E-state index in [9.17, 15) is 0 Å². The molecular formula is C30H60Se4. The van der Waals surface area contributed by atoms with E-state index >= 15 is 0 Å². The second-order valence-corrected chi connectivity index (χ2v) is 24.8. The summed E-state index contributed by atoms with van der Waals surface area (Å²) in [6.45, 7) is 18.9. The Morgan fingerprint density at radius 1 is 0.412 bits per heavy atom. The van der Waals surface area contributed by atoms with Gasteiger partial charge in [0.2, 0.25) is 0 Å². The summed E-state index contributed by atoms with van der Waals surface area (Å²) in [5.41, 5.74) is 0. The van der Waals surface area contributed by atoms with Gasteiger partial charge in [-0.2, -0.15) is 0 Å². The van der Waals surface area contributed by atoms with Crippen LogP contribution in [-0.2, 0) is 0 Å². The fraction of sp³-hybridized carbons (Fsp3) is 1.00. The summed E-state index contributed by atoms with van der Waals surface area (Å²) in [5, 5.41) is 9.39. The molecular weight excluding hydrogens is 676 g/mol. The van der Waals surface area contributed by atoms with E-state index in [-0.39, 0.29) is 0 Å². The van der Waals surface area contributed by atoms with Crippen LogP contribution in [0.15, 0.2) is 0 Å². The van der Waals surface area contributed by atoms with Gasteiger partial charge in [-0.15, -0.1) is 0 Å². The van der Waals surface area contributed by atoms with Crippen LogP contribution >= 0.6 is 0 Å². The SMILES string of the molecule is CC(C)C1CCCC1.CC(C)[C@@H]1CC[Se]C1.CC(C)[C@H]1CCC[Se]C1.CC(C)[C@H]1CC[Se][Se]C1. The number of rotatable bonds is 4. The molecule has 34 heavy (non-hydrogen) atoms. The predicted molar refractivity (Wildman–Crippen MR) is 162 cm³/mol. The van der Waals surface area contributed by atoms with Gasteiger partial charge in [-0.1, -0.05) is 39.5 Å². The Hall–Kier alpha value is 2.08. The van der Waals surface area contributed by atoms with E-state index in [1.54, 1.807) is 38.3 Å². The van der Waals surface area contributed by atoms with Crippen LogP contribution in [0.25, 0.3) is 0 Å². The standard InChI is InChI=1S/C8H16Se.C8H16.C7H14Se2.C7H14Se/c1-7(2)8-4-3-5-9-6-8;1-7(2)8-5-3-4-6-8;1-6(2)7-3-4-8-9-5-7;1-6(2)7-3-4-8-5-7/h7-8H,3-6H2,1-2H3;7-8H,3-6H2,1-2H3;6-7H,3-5H2,1-2H3;6-7H,3-5H2,1-2H3/t8-;;2*7-/m0.01/s1. The fourth-order valence-corrected chi connectivity index (χ4v) is 19.1. The average Bonchev–Trinajstić information content (AvgIpc) is 3.56. The predicted octanol–water partition coefficient (Wildman–Crippen LogP) is 9.45. The fourth-order valence-electron chi connectivity index (χ4n) is 5.00. The molecule has 3 saturated heterocycles. The molecule has 0 nitrogen and oxygen atoms in total. The van der Waals surface area contributed by atoms with E-state index < -0.39 is 0 Å². The molecule has 0 bridgehead atoms. The Kier molecular flexibility index (Phi) is 21.0. The summed E-state index contributed by atoms with van der Waals surface area (Å²) in [6, 6.07) is 0. The van der Waals surface area contributed by atoms with Gasteiger partial charge in [-0.25, -0.2) is 0 Å². The first kappa shape index (κ1) is 34.1.